The summed E-state index contributed by atoms with van der Waals surface area (Å²) < 4.78 is 16.5. The van der Waals surface area contributed by atoms with Crippen LogP contribution in [0.2, 0.25) is 10.0 Å². The van der Waals surface area contributed by atoms with Gasteiger partial charge in [-0.3, -0.25) is 19.2 Å². The SMILES string of the molecule is CC(C)N=c1cc(Nc2cccc(Cl)c2)nc2c(=Cc3[nH]c(=O)[nH]c3O)cnn12.O=c1[nH]c(O)c(C=c2cnn3c(S(=O)Cc4ccccc4)cc(=Nc4cccc(Cl)c4)nc23)[nH]1. The minimum Gasteiger partial charge on any atom is -0.493 e. The Bertz CT molecular complexity index is 3540. The normalized spacial score (nSPS) is 13.3. The van der Waals surface area contributed by atoms with Crippen molar-refractivity contribution < 1.29 is 14.4 Å². The van der Waals surface area contributed by atoms with Crippen LogP contribution in [-0.2, 0) is 16.6 Å². The molecule has 0 aliphatic carbocycles. The quantitative estimate of drug-likeness (QED) is 0.103. The van der Waals surface area contributed by atoms with Crippen LogP contribution in [0.4, 0.5) is 17.2 Å². The lowest BCUT2D eigenvalue weighted by Crippen LogP contribution is -2.20. The van der Waals surface area contributed by atoms with Gasteiger partial charge in [0.1, 0.15) is 22.2 Å². The number of fused-ring (bicyclic) bond motifs is 2. The van der Waals surface area contributed by atoms with Crippen molar-refractivity contribution in [3.63, 3.8) is 0 Å². The van der Waals surface area contributed by atoms with Crippen LogP contribution in [-0.4, -0.2) is 69.6 Å². The molecule has 21 heteroatoms. The maximum absolute atomic E-state index is 13.4. The van der Waals surface area contributed by atoms with Crippen molar-refractivity contribution in [3.8, 4) is 11.8 Å². The minimum absolute atomic E-state index is 0.0429. The number of hydrogen-bond acceptors (Lipinski definition) is 12. The second kappa shape index (κ2) is 18.2. The summed E-state index contributed by atoms with van der Waals surface area (Å²) in [6.07, 6.45) is 6.22. The zero-order valence-electron chi connectivity index (χ0n) is 33.1. The smallest absolute Gasteiger partial charge is 0.326 e. The first kappa shape index (κ1) is 42.1. The highest BCUT2D eigenvalue weighted by Gasteiger charge is 2.15. The van der Waals surface area contributed by atoms with Gasteiger partial charge in [0.05, 0.1) is 34.6 Å². The number of benzene rings is 3. The molecule has 318 valence electrons. The van der Waals surface area contributed by atoms with E-state index in [0.29, 0.717) is 59.3 Å². The lowest BCUT2D eigenvalue weighted by molar-refractivity contribution is 0.454. The van der Waals surface area contributed by atoms with Gasteiger partial charge < -0.3 is 25.5 Å². The molecular formula is C42H35Cl2N13O5S. The van der Waals surface area contributed by atoms with Crippen LogP contribution in [0, 0.1) is 0 Å². The van der Waals surface area contributed by atoms with Crippen molar-refractivity contribution in [2.24, 2.45) is 9.98 Å². The molecule has 0 spiro atoms. The van der Waals surface area contributed by atoms with E-state index in [1.165, 1.54) is 16.8 Å². The number of rotatable bonds is 9. The summed E-state index contributed by atoms with van der Waals surface area (Å²) in [5, 5.41) is 34.4. The van der Waals surface area contributed by atoms with Crippen LogP contribution in [0.25, 0.3) is 23.4 Å². The summed E-state index contributed by atoms with van der Waals surface area (Å²) in [6, 6.07) is 27.2. The molecule has 1 unspecified atom stereocenters. The molecule has 0 fully saturated rings. The molecule has 0 aliphatic rings. The first-order valence-corrected chi connectivity index (χ1v) is 21.1. The zero-order chi connectivity index (χ0) is 44.2. The Hall–Kier alpha value is -7.61. The predicted molar refractivity (Wildman–Crippen MR) is 238 cm³/mol. The lowest BCUT2D eigenvalue weighted by atomic mass is 10.2. The molecule has 0 bridgehead atoms. The Morgan fingerprint density at radius 2 is 1.38 bits per heavy atom. The van der Waals surface area contributed by atoms with Crippen LogP contribution in [0.15, 0.2) is 128 Å². The molecule has 1 atom stereocenters. The number of hydrogen-bond donors (Lipinski definition) is 7. The summed E-state index contributed by atoms with van der Waals surface area (Å²) in [7, 11) is -1.47. The van der Waals surface area contributed by atoms with Crippen molar-refractivity contribution in [2.75, 3.05) is 5.32 Å². The van der Waals surface area contributed by atoms with E-state index >= 15 is 0 Å². The van der Waals surface area contributed by atoms with Gasteiger partial charge in [-0.15, -0.1) is 0 Å². The van der Waals surface area contributed by atoms with Crippen molar-refractivity contribution in [1.82, 2.24) is 49.1 Å². The van der Waals surface area contributed by atoms with Gasteiger partial charge in [-0.25, -0.2) is 29.1 Å². The topological polar surface area (TPSA) is 252 Å². The standard InChI is InChI=1S/C23H17ClN6O3S.C19H18ClN7O2/c24-16-7-4-8-17(10-16)26-19-11-20(34(33)13-14-5-2-1-3-6-14)30-21(28-19)15(12-25-30)9-18-22(31)29-23(32)27-18;1-10(2)22-16-8-15(23-13-5-3-4-12(20)7-13)25-17-11(9-21-27(16)17)6-14-18(28)26-19(29)24-14/h1-12,31H,13H2,(H2,27,29,32);3-10,23,28H,1-2H3,(H2,24,26,29). The van der Waals surface area contributed by atoms with Gasteiger partial charge >= 0.3 is 11.4 Å². The van der Waals surface area contributed by atoms with Crippen LogP contribution in [0.5, 0.6) is 11.8 Å². The Balaban J connectivity index is 0.000000175. The highest BCUT2D eigenvalue weighted by atomic mass is 35.5. The third-order valence-electron chi connectivity index (χ3n) is 8.92. The molecule has 0 saturated carbocycles. The largest absolute Gasteiger partial charge is 0.493 e. The van der Waals surface area contributed by atoms with Crippen LogP contribution < -0.4 is 38.1 Å². The van der Waals surface area contributed by atoms with Crippen molar-refractivity contribution in [3.05, 3.63) is 173 Å². The van der Waals surface area contributed by atoms with Gasteiger partial charge in [0.2, 0.25) is 11.8 Å². The monoisotopic (exact) mass is 903 g/mol. The Morgan fingerprint density at radius 3 is 1.98 bits per heavy atom. The van der Waals surface area contributed by atoms with Crippen molar-refractivity contribution >= 4 is 74.6 Å². The number of aromatic nitrogens is 10. The van der Waals surface area contributed by atoms with Gasteiger partial charge in [-0.1, -0.05) is 65.7 Å². The summed E-state index contributed by atoms with van der Waals surface area (Å²) in [4.78, 5) is 50.9. The molecule has 0 radical (unpaired) electrons. The van der Waals surface area contributed by atoms with E-state index in [4.69, 9.17) is 23.2 Å². The van der Waals surface area contributed by atoms with Crippen LogP contribution in [0.1, 0.15) is 30.8 Å². The number of imidazole rings is 2. The predicted octanol–water partition coefficient (Wildman–Crippen LogP) is 3.90. The molecule has 0 aliphatic heterocycles. The molecule has 7 N–H and O–H groups in total. The molecule has 0 saturated heterocycles. The maximum Gasteiger partial charge on any atom is 0.326 e. The Morgan fingerprint density at radius 1 is 0.762 bits per heavy atom. The fraction of sp³-hybridized carbons (Fsp3) is 0.0952. The fourth-order valence-electron chi connectivity index (χ4n) is 6.23. The summed E-state index contributed by atoms with van der Waals surface area (Å²) in [5.74, 6) is 0.272. The van der Waals surface area contributed by atoms with E-state index in [2.05, 4.69) is 55.4 Å². The number of nitrogens with zero attached hydrogens (tertiary/aromatic N) is 8. The lowest BCUT2D eigenvalue weighted by Gasteiger charge is -2.07. The van der Waals surface area contributed by atoms with Gasteiger partial charge in [-0.2, -0.15) is 14.7 Å². The first-order valence-electron chi connectivity index (χ1n) is 19.0. The van der Waals surface area contributed by atoms with E-state index in [1.807, 2.05) is 56.3 Å². The number of aromatic amines is 4. The van der Waals surface area contributed by atoms with E-state index < -0.39 is 22.2 Å². The summed E-state index contributed by atoms with van der Waals surface area (Å²) >= 11 is 12.2. The Kier molecular flexibility index (Phi) is 12.1. The van der Waals surface area contributed by atoms with E-state index in [-0.39, 0.29) is 34.9 Å². The number of H-pyrrole nitrogens is 4. The van der Waals surface area contributed by atoms with Crippen LogP contribution >= 0.6 is 23.2 Å². The maximum atomic E-state index is 13.4. The zero-order valence-corrected chi connectivity index (χ0v) is 35.4. The van der Waals surface area contributed by atoms with E-state index in [1.54, 1.807) is 65.3 Å². The van der Waals surface area contributed by atoms with Crippen molar-refractivity contribution in [2.45, 2.75) is 30.7 Å². The minimum atomic E-state index is -1.47. The number of nitrogens with one attached hydrogen (secondary N) is 5. The Labute approximate surface area is 367 Å². The first-order chi connectivity index (χ1) is 30.3. The third kappa shape index (κ3) is 9.97. The number of aromatic hydroxyl groups is 2. The molecular weight excluding hydrogens is 870 g/mol. The molecule has 9 aromatic rings. The average Bonchev–Trinajstić information content (AvgIpc) is 4.00. The van der Waals surface area contributed by atoms with Crippen LogP contribution in [0.3, 0.4) is 0 Å². The summed E-state index contributed by atoms with van der Waals surface area (Å²) in [6.45, 7) is 3.94. The van der Waals surface area contributed by atoms with E-state index in [0.717, 1.165) is 11.3 Å². The molecule has 18 nitrogen and oxygen atoms in total. The molecule has 0 amide bonds. The molecule has 3 aromatic carbocycles. The fourth-order valence-corrected chi connectivity index (χ4v) is 7.82. The number of anilines is 2. The van der Waals surface area contributed by atoms with Gasteiger partial charge in [0.25, 0.3) is 0 Å². The second-order valence-electron chi connectivity index (χ2n) is 14.0. The molecule has 9 rings (SSSR count). The highest BCUT2D eigenvalue weighted by molar-refractivity contribution is 7.84. The van der Waals surface area contributed by atoms with Crippen molar-refractivity contribution in [1.29, 1.82) is 0 Å². The second-order valence-corrected chi connectivity index (χ2v) is 16.3. The number of halogens is 2. The van der Waals surface area contributed by atoms with Gasteiger partial charge in [-0.05, 0) is 68.0 Å². The summed E-state index contributed by atoms with van der Waals surface area (Å²) in [5.41, 5.74) is 3.44. The molecule has 63 heavy (non-hydrogen) atoms. The van der Waals surface area contributed by atoms with Gasteiger partial charge in [0.15, 0.2) is 22.3 Å². The van der Waals surface area contributed by atoms with E-state index in [9.17, 15) is 24.0 Å². The van der Waals surface area contributed by atoms with Gasteiger partial charge in [0, 0.05) is 44.3 Å². The molecule has 6 heterocycles. The third-order valence-corrected chi connectivity index (χ3v) is 10.7. The highest BCUT2D eigenvalue weighted by Crippen LogP contribution is 2.20. The average molecular weight is 905 g/mol. The molecule has 6 aromatic heterocycles.